The third-order valence-electron chi connectivity index (χ3n) is 4.49. The standard InChI is InChI=1S/C23H25NO4/c1-5-26-23(25)20-13-22(28-24-20)19-12-18(15(2)3)16(4)11-21(19)27-14-17-9-7-6-8-10-17/h6-13,15H,5,14H2,1-4H3. The zero-order valence-electron chi connectivity index (χ0n) is 16.7. The molecule has 5 nitrogen and oxygen atoms in total. The van der Waals surface area contributed by atoms with Crippen LogP contribution in [-0.4, -0.2) is 17.7 Å². The Balaban J connectivity index is 1.97. The van der Waals surface area contributed by atoms with E-state index in [1.807, 2.05) is 36.4 Å². The average molecular weight is 379 g/mol. The van der Waals surface area contributed by atoms with Crippen molar-refractivity contribution in [2.24, 2.45) is 0 Å². The van der Waals surface area contributed by atoms with E-state index in [1.54, 1.807) is 13.0 Å². The van der Waals surface area contributed by atoms with Gasteiger partial charge in [-0.05, 0) is 48.6 Å². The second kappa shape index (κ2) is 8.74. The van der Waals surface area contributed by atoms with Crippen LogP contribution in [0.5, 0.6) is 5.75 Å². The molecule has 2 aromatic carbocycles. The Morgan fingerprint density at radius 3 is 2.57 bits per heavy atom. The molecule has 1 heterocycles. The van der Waals surface area contributed by atoms with Crippen LogP contribution in [0.15, 0.2) is 53.1 Å². The van der Waals surface area contributed by atoms with Gasteiger partial charge in [-0.25, -0.2) is 4.79 Å². The fourth-order valence-corrected chi connectivity index (χ4v) is 3.07. The molecule has 5 heteroatoms. The van der Waals surface area contributed by atoms with Crippen LogP contribution in [0.3, 0.4) is 0 Å². The van der Waals surface area contributed by atoms with Crippen LogP contribution in [0.1, 0.15) is 53.9 Å². The van der Waals surface area contributed by atoms with E-state index in [4.69, 9.17) is 14.0 Å². The van der Waals surface area contributed by atoms with Crippen molar-refractivity contribution in [2.75, 3.05) is 6.61 Å². The molecular weight excluding hydrogens is 354 g/mol. The lowest BCUT2D eigenvalue weighted by Gasteiger charge is -2.16. The quantitative estimate of drug-likeness (QED) is 0.505. The molecule has 0 saturated carbocycles. The van der Waals surface area contributed by atoms with Gasteiger partial charge in [0.2, 0.25) is 0 Å². The molecule has 3 rings (SSSR count). The molecule has 0 aliphatic heterocycles. The molecule has 28 heavy (non-hydrogen) atoms. The highest BCUT2D eigenvalue weighted by atomic mass is 16.5. The number of hydrogen-bond acceptors (Lipinski definition) is 5. The Morgan fingerprint density at radius 2 is 1.89 bits per heavy atom. The first-order valence-corrected chi connectivity index (χ1v) is 9.45. The first-order chi connectivity index (χ1) is 13.5. The number of hydrogen-bond donors (Lipinski definition) is 0. The van der Waals surface area contributed by atoms with Crippen molar-refractivity contribution < 1.29 is 18.8 Å². The maximum atomic E-state index is 11.9. The van der Waals surface area contributed by atoms with Crippen molar-refractivity contribution in [1.29, 1.82) is 0 Å². The van der Waals surface area contributed by atoms with Gasteiger partial charge in [-0.15, -0.1) is 0 Å². The zero-order valence-corrected chi connectivity index (χ0v) is 16.7. The maximum absolute atomic E-state index is 11.9. The van der Waals surface area contributed by atoms with Crippen LogP contribution in [0.2, 0.25) is 0 Å². The molecule has 0 atom stereocenters. The van der Waals surface area contributed by atoms with Crippen LogP contribution in [0.25, 0.3) is 11.3 Å². The van der Waals surface area contributed by atoms with Gasteiger partial charge in [0.25, 0.3) is 0 Å². The number of benzene rings is 2. The van der Waals surface area contributed by atoms with Crippen LogP contribution < -0.4 is 4.74 Å². The molecule has 0 bridgehead atoms. The van der Waals surface area contributed by atoms with E-state index >= 15 is 0 Å². The van der Waals surface area contributed by atoms with Gasteiger partial charge >= 0.3 is 5.97 Å². The Hall–Kier alpha value is -3.08. The second-order valence-electron chi connectivity index (χ2n) is 6.93. The van der Waals surface area contributed by atoms with E-state index in [0.29, 0.717) is 24.0 Å². The summed E-state index contributed by atoms with van der Waals surface area (Å²) in [5.74, 6) is 1.01. The molecule has 3 aromatic rings. The van der Waals surface area contributed by atoms with Crippen molar-refractivity contribution in [3.63, 3.8) is 0 Å². The number of carbonyl (C=O) groups is 1. The highest BCUT2D eigenvalue weighted by molar-refractivity contribution is 5.88. The minimum Gasteiger partial charge on any atom is -0.488 e. The van der Waals surface area contributed by atoms with Crippen LogP contribution in [0, 0.1) is 6.92 Å². The van der Waals surface area contributed by atoms with Crippen LogP contribution in [0.4, 0.5) is 0 Å². The van der Waals surface area contributed by atoms with Gasteiger partial charge < -0.3 is 14.0 Å². The maximum Gasteiger partial charge on any atom is 0.360 e. The highest BCUT2D eigenvalue weighted by Gasteiger charge is 2.19. The molecule has 0 spiro atoms. The number of aromatic nitrogens is 1. The molecule has 0 fully saturated rings. The number of rotatable bonds is 7. The Morgan fingerprint density at radius 1 is 1.14 bits per heavy atom. The van der Waals surface area contributed by atoms with E-state index in [2.05, 4.69) is 32.0 Å². The summed E-state index contributed by atoms with van der Waals surface area (Å²) in [5.41, 5.74) is 4.33. The third-order valence-corrected chi connectivity index (χ3v) is 4.49. The van der Waals surface area contributed by atoms with E-state index in [1.165, 1.54) is 5.56 Å². The SMILES string of the molecule is CCOC(=O)c1cc(-c2cc(C(C)C)c(C)cc2OCc2ccccc2)on1. The topological polar surface area (TPSA) is 61.6 Å². The number of esters is 1. The van der Waals surface area contributed by atoms with Crippen molar-refractivity contribution >= 4 is 5.97 Å². The van der Waals surface area contributed by atoms with E-state index in [-0.39, 0.29) is 12.3 Å². The number of ether oxygens (including phenoxy) is 2. The first-order valence-electron chi connectivity index (χ1n) is 9.45. The molecule has 0 saturated heterocycles. The molecule has 0 N–H and O–H groups in total. The summed E-state index contributed by atoms with van der Waals surface area (Å²) in [6.45, 7) is 8.83. The summed E-state index contributed by atoms with van der Waals surface area (Å²) in [6.07, 6.45) is 0. The number of carbonyl (C=O) groups excluding carboxylic acids is 1. The number of nitrogens with zero attached hydrogens (tertiary/aromatic N) is 1. The van der Waals surface area contributed by atoms with Gasteiger partial charge in [0, 0.05) is 6.07 Å². The zero-order chi connectivity index (χ0) is 20.1. The average Bonchev–Trinajstić information content (AvgIpc) is 3.17. The predicted octanol–water partition coefficient (Wildman–Crippen LogP) is 5.53. The predicted molar refractivity (Wildman–Crippen MR) is 107 cm³/mol. The highest BCUT2D eigenvalue weighted by Crippen LogP contribution is 2.36. The smallest absolute Gasteiger partial charge is 0.360 e. The molecule has 0 amide bonds. The summed E-state index contributed by atoms with van der Waals surface area (Å²) < 4.78 is 16.6. The molecule has 0 aliphatic rings. The summed E-state index contributed by atoms with van der Waals surface area (Å²) in [7, 11) is 0. The lowest BCUT2D eigenvalue weighted by atomic mass is 9.94. The number of aryl methyl sites for hydroxylation is 1. The molecule has 0 aliphatic carbocycles. The Labute approximate surface area is 165 Å². The molecule has 1 aromatic heterocycles. The lowest BCUT2D eigenvalue weighted by molar-refractivity contribution is 0.0514. The van der Waals surface area contributed by atoms with Gasteiger partial charge in [-0.3, -0.25) is 0 Å². The summed E-state index contributed by atoms with van der Waals surface area (Å²) in [4.78, 5) is 11.9. The van der Waals surface area contributed by atoms with E-state index in [0.717, 1.165) is 16.7 Å². The van der Waals surface area contributed by atoms with Crippen molar-refractivity contribution in [1.82, 2.24) is 5.16 Å². The van der Waals surface area contributed by atoms with E-state index in [9.17, 15) is 4.79 Å². The minimum absolute atomic E-state index is 0.150. The largest absolute Gasteiger partial charge is 0.488 e. The molecular formula is C23H25NO4. The molecule has 0 unspecified atom stereocenters. The lowest BCUT2D eigenvalue weighted by Crippen LogP contribution is -2.04. The monoisotopic (exact) mass is 379 g/mol. The fraction of sp³-hybridized carbons (Fsp3) is 0.304. The summed E-state index contributed by atoms with van der Waals surface area (Å²) in [6, 6.07) is 15.6. The van der Waals surface area contributed by atoms with Crippen LogP contribution >= 0.6 is 0 Å². The fourth-order valence-electron chi connectivity index (χ4n) is 3.07. The Bertz CT molecular complexity index is 944. The third kappa shape index (κ3) is 4.42. The van der Waals surface area contributed by atoms with Crippen molar-refractivity contribution in [3.8, 4) is 17.1 Å². The van der Waals surface area contributed by atoms with Crippen LogP contribution in [-0.2, 0) is 11.3 Å². The molecule has 0 radical (unpaired) electrons. The Kier molecular flexibility index (Phi) is 6.14. The van der Waals surface area contributed by atoms with E-state index < -0.39 is 5.97 Å². The van der Waals surface area contributed by atoms with Gasteiger partial charge in [-0.2, -0.15) is 0 Å². The van der Waals surface area contributed by atoms with Gasteiger partial charge in [0.05, 0.1) is 12.2 Å². The van der Waals surface area contributed by atoms with Gasteiger partial charge in [0.1, 0.15) is 12.4 Å². The van der Waals surface area contributed by atoms with Crippen molar-refractivity contribution in [3.05, 3.63) is 70.9 Å². The second-order valence-corrected chi connectivity index (χ2v) is 6.93. The van der Waals surface area contributed by atoms with Gasteiger partial charge in [0.15, 0.2) is 11.5 Å². The first kappa shape index (κ1) is 19.7. The summed E-state index contributed by atoms with van der Waals surface area (Å²) >= 11 is 0. The van der Waals surface area contributed by atoms with Gasteiger partial charge in [-0.1, -0.05) is 49.3 Å². The normalized spacial score (nSPS) is 10.9. The van der Waals surface area contributed by atoms with Crippen molar-refractivity contribution in [2.45, 2.75) is 40.2 Å². The molecule has 146 valence electrons. The minimum atomic E-state index is -0.500. The summed E-state index contributed by atoms with van der Waals surface area (Å²) in [5, 5.41) is 3.86.